The number of aromatic nitrogens is 4. The molecular formula is C42H50N12O8. The molecule has 4 amide bonds. The summed E-state index contributed by atoms with van der Waals surface area (Å²) < 4.78 is 0. The smallest absolute Gasteiger partial charge is 0.320 e. The molecule has 1 fully saturated rings. The Bertz CT molecular complexity index is 2420. The van der Waals surface area contributed by atoms with Crippen LogP contribution in [0.2, 0.25) is 0 Å². The molecule has 4 aromatic rings. The lowest BCUT2D eigenvalue weighted by Crippen LogP contribution is -2.54. The molecule has 0 radical (unpaired) electrons. The van der Waals surface area contributed by atoms with Crippen LogP contribution in [0.5, 0.6) is 0 Å². The molecule has 2 aromatic heterocycles. The van der Waals surface area contributed by atoms with Gasteiger partial charge in [0.05, 0.1) is 35.1 Å². The minimum absolute atomic E-state index is 0.00619. The summed E-state index contributed by atoms with van der Waals surface area (Å²) in [5, 5.41) is 21.6. The average molecular weight is 851 g/mol. The van der Waals surface area contributed by atoms with Crippen molar-refractivity contribution in [2.75, 3.05) is 48.4 Å². The summed E-state index contributed by atoms with van der Waals surface area (Å²) in [5.41, 5.74) is 13.5. The average Bonchev–Trinajstić information content (AvgIpc) is 3.49. The molecular weight excluding hydrogens is 801 g/mol. The second-order valence-corrected chi connectivity index (χ2v) is 16.0. The Labute approximate surface area is 356 Å². The Kier molecular flexibility index (Phi) is 13.5. The van der Waals surface area contributed by atoms with Gasteiger partial charge in [-0.3, -0.25) is 49.1 Å². The highest BCUT2D eigenvalue weighted by Gasteiger charge is 2.45. The molecule has 0 saturated carbocycles. The molecule has 2 unspecified atom stereocenters. The lowest BCUT2D eigenvalue weighted by Gasteiger charge is -2.29. The summed E-state index contributed by atoms with van der Waals surface area (Å²) in [5.74, 6) is -4.22. The number of benzene rings is 2. The lowest BCUT2D eigenvalue weighted by atomic mass is 9.91. The first-order valence-corrected chi connectivity index (χ1v) is 20.2. The Morgan fingerprint density at radius 2 is 1.76 bits per heavy atom. The van der Waals surface area contributed by atoms with E-state index in [-0.39, 0.29) is 60.1 Å². The van der Waals surface area contributed by atoms with Crippen molar-refractivity contribution in [1.29, 1.82) is 0 Å². The van der Waals surface area contributed by atoms with E-state index >= 15 is 0 Å². The normalized spacial score (nSPS) is 16.2. The number of piperidine rings is 1. The zero-order valence-electron chi connectivity index (χ0n) is 34.9. The van der Waals surface area contributed by atoms with Crippen LogP contribution in [0.4, 0.5) is 23.1 Å². The number of ketones is 2. The van der Waals surface area contributed by atoms with Gasteiger partial charge in [-0.25, -0.2) is 9.97 Å². The molecule has 2 aromatic carbocycles. The number of aliphatic carboxylic acids is 1. The van der Waals surface area contributed by atoms with Crippen molar-refractivity contribution in [3.8, 4) is 0 Å². The number of fused-ring (bicyclic) bond motifs is 2. The van der Waals surface area contributed by atoms with Crippen LogP contribution in [0.15, 0.2) is 48.7 Å². The zero-order chi connectivity index (χ0) is 44.9. The number of carbonyl (C=O) groups is 7. The number of imide groups is 2. The number of nitrogen functional groups attached to an aromatic ring is 2. The van der Waals surface area contributed by atoms with E-state index < -0.39 is 53.1 Å². The van der Waals surface area contributed by atoms with Gasteiger partial charge in [-0.1, -0.05) is 13.0 Å². The summed E-state index contributed by atoms with van der Waals surface area (Å²) >= 11 is 0. The van der Waals surface area contributed by atoms with Gasteiger partial charge < -0.3 is 32.1 Å². The molecule has 9 N–H and O–H groups in total. The van der Waals surface area contributed by atoms with Gasteiger partial charge >= 0.3 is 5.97 Å². The maximum atomic E-state index is 13.6. The van der Waals surface area contributed by atoms with Gasteiger partial charge in [-0.2, -0.15) is 9.97 Å². The first-order chi connectivity index (χ1) is 29.4. The highest BCUT2D eigenvalue weighted by Crippen LogP contribution is 2.32. The third kappa shape index (κ3) is 9.98. The van der Waals surface area contributed by atoms with Gasteiger partial charge in [0, 0.05) is 55.8 Å². The highest BCUT2D eigenvalue weighted by molar-refractivity contribution is 6.25. The first-order valence-electron chi connectivity index (χ1n) is 20.2. The SMILES string of the molecule is CC(CNCCCNc1cccc2c1C(=O)N(C1CCC(=O)NC1=O)C2=O)C(=O)CC[C@H](NC(C)(C)C(=O)c1ccc(N(C)Cc2cnc3nc(N)nc(N)c3n2)cc1)C(=O)O. The van der Waals surface area contributed by atoms with Crippen LogP contribution in [0.25, 0.3) is 11.2 Å². The fraction of sp³-hybridized carbons (Fsp3) is 0.405. The number of carboxylic acids is 1. The number of nitrogens with two attached hydrogens (primary N) is 2. The lowest BCUT2D eigenvalue weighted by molar-refractivity contribution is -0.140. The third-order valence-corrected chi connectivity index (χ3v) is 10.9. The van der Waals surface area contributed by atoms with Crippen LogP contribution in [0.1, 0.15) is 89.6 Å². The van der Waals surface area contributed by atoms with E-state index in [0.717, 1.165) is 10.6 Å². The summed E-state index contributed by atoms with van der Waals surface area (Å²) in [6.07, 6.45) is 2.23. The molecule has 0 aliphatic carbocycles. The van der Waals surface area contributed by atoms with Gasteiger partial charge in [0.15, 0.2) is 22.8 Å². The predicted octanol–water partition coefficient (Wildman–Crippen LogP) is 1.70. The van der Waals surface area contributed by atoms with Crippen LogP contribution >= 0.6 is 0 Å². The monoisotopic (exact) mass is 850 g/mol. The zero-order valence-corrected chi connectivity index (χ0v) is 34.9. The maximum absolute atomic E-state index is 13.6. The highest BCUT2D eigenvalue weighted by atomic mass is 16.4. The molecule has 326 valence electrons. The number of amides is 4. The van der Waals surface area contributed by atoms with Gasteiger partial charge in [0.1, 0.15) is 17.9 Å². The Morgan fingerprint density at radius 3 is 2.47 bits per heavy atom. The summed E-state index contributed by atoms with van der Waals surface area (Å²) in [4.78, 5) is 109. The molecule has 6 rings (SSSR count). The fourth-order valence-corrected chi connectivity index (χ4v) is 7.44. The molecule has 20 nitrogen and oxygen atoms in total. The number of nitrogens with one attached hydrogen (secondary N) is 4. The minimum Gasteiger partial charge on any atom is -0.480 e. The molecule has 0 bridgehead atoms. The van der Waals surface area contributed by atoms with E-state index in [1.807, 2.05) is 11.9 Å². The van der Waals surface area contributed by atoms with E-state index in [1.165, 1.54) is 6.07 Å². The Hall–Kier alpha value is -6.93. The van der Waals surface area contributed by atoms with E-state index in [1.54, 1.807) is 63.4 Å². The molecule has 2 aliphatic rings. The number of nitrogens with zero attached hydrogens (tertiary/aromatic N) is 6. The molecule has 3 atom stereocenters. The van der Waals surface area contributed by atoms with Crippen molar-refractivity contribution in [2.24, 2.45) is 5.92 Å². The van der Waals surface area contributed by atoms with Gasteiger partial charge in [-0.05, 0) is 76.1 Å². The Balaban J connectivity index is 0.929. The van der Waals surface area contributed by atoms with Crippen molar-refractivity contribution < 1.29 is 38.7 Å². The fourth-order valence-electron chi connectivity index (χ4n) is 7.44. The van der Waals surface area contributed by atoms with E-state index in [9.17, 15) is 38.7 Å². The van der Waals surface area contributed by atoms with Crippen molar-refractivity contribution in [3.63, 3.8) is 0 Å². The largest absolute Gasteiger partial charge is 0.480 e. The molecule has 1 saturated heterocycles. The second-order valence-electron chi connectivity index (χ2n) is 16.0. The first kappa shape index (κ1) is 44.6. The van der Waals surface area contributed by atoms with Gasteiger partial charge in [0.25, 0.3) is 11.8 Å². The van der Waals surface area contributed by atoms with Gasteiger partial charge in [0.2, 0.25) is 17.8 Å². The van der Waals surface area contributed by atoms with Crippen molar-refractivity contribution in [2.45, 2.75) is 77.0 Å². The number of carboxylic acid groups (broad SMARTS) is 1. The third-order valence-electron chi connectivity index (χ3n) is 10.9. The summed E-state index contributed by atoms with van der Waals surface area (Å²) in [7, 11) is 1.85. The number of hydrogen-bond donors (Lipinski definition) is 7. The van der Waals surface area contributed by atoms with Crippen molar-refractivity contribution in [1.82, 2.24) is 40.8 Å². The quantitative estimate of drug-likeness (QED) is 0.0378. The van der Waals surface area contributed by atoms with Crippen LogP contribution < -0.4 is 37.6 Å². The van der Waals surface area contributed by atoms with Crippen LogP contribution in [0.3, 0.4) is 0 Å². The van der Waals surface area contributed by atoms with Crippen molar-refractivity contribution >= 4 is 75.5 Å². The molecule has 2 aliphatic heterocycles. The number of hydrogen-bond acceptors (Lipinski definition) is 17. The topological polar surface area (TPSA) is 298 Å². The summed E-state index contributed by atoms with van der Waals surface area (Å²) in [6.45, 7) is 6.62. The number of carbonyl (C=O) groups excluding carboxylic acids is 6. The van der Waals surface area contributed by atoms with Gasteiger partial charge in [-0.15, -0.1) is 0 Å². The van der Waals surface area contributed by atoms with Crippen LogP contribution in [-0.2, 0) is 25.7 Å². The van der Waals surface area contributed by atoms with Crippen LogP contribution in [0, 0.1) is 5.92 Å². The molecule has 20 heteroatoms. The number of Topliss-reactive ketones (excluding diaryl/α,β-unsaturated/α-hetero) is 2. The predicted molar refractivity (Wildman–Crippen MR) is 228 cm³/mol. The number of anilines is 4. The van der Waals surface area contributed by atoms with Crippen LogP contribution in [-0.4, -0.2) is 115 Å². The maximum Gasteiger partial charge on any atom is 0.320 e. The molecule has 0 spiro atoms. The summed E-state index contributed by atoms with van der Waals surface area (Å²) in [6, 6.07) is 9.51. The van der Waals surface area contributed by atoms with E-state index in [2.05, 4.69) is 41.2 Å². The van der Waals surface area contributed by atoms with E-state index in [4.69, 9.17) is 11.5 Å². The molecule has 62 heavy (non-hydrogen) atoms. The Morgan fingerprint density at radius 1 is 1.02 bits per heavy atom. The number of rotatable bonds is 20. The standard InChI is InChI=1S/C42H50N12O8/c1-22(19-45-17-6-18-46-27-8-5-7-26-32(27)39(60)54(38(26)59)29-14-16-31(56)49-37(29)58)30(55)15-13-28(40(61)62)52-42(2,3)34(57)23-9-11-25(12-10-23)53(4)21-24-20-47-36-33(48-24)35(43)50-41(44)51-36/h5,7-12,20,22,28-29,45-46,52H,6,13-19,21H2,1-4H3,(H,61,62)(H,49,56,58)(H4,43,44,47,50,51)/t22?,28-,29?/m0/s1. The molecule has 4 heterocycles. The van der Waals surface area contributed by atoms with Crippen molar-refractivity contribution in [3.05, 3.63) is 71.0 Å². The van der Waals surface area contributed by atoms with E-state index in [0.29, 0.717) is 60.7 Å². The minimum atomic E-state index is -1.28. The second kappa shape index (κ2) is 18.8.